The van der Waals surface area contributed by atoms with Gasteiger partial charge in [-0.1, -0.05) is 91.0 Å². The van der Waals surface area contributed by atoms with Gasteiger partial charge in [0.2, 0.25) is 5.91 Å². The number of hydrogen-bond donors (Lipinski definition) is 1. The number of nitrogens with one attached hydrogen (secondary N) is 1. The third kappa shape index (κ3) is 5.52. The van der Waals surface area contributed by atoms with Crippen molar-refractivity contribution in [2.24, 2.45) is 10.1 Å². The molecule has 0 bridgehead atoms. The molecule has 2 aliphatic heterocycles. The van der Waals surface area contributed by atoms with Crippen LogP contribution in [0, 0.1) is 13.8 Å². The molecule has 0 radical (unpaired) electrons. The maximum atomic E-state index is 12.9. The second-order valence-corrected chi connectivity index (χ2v) is 10.7. The Balaban J connectivity index is 1.34. The van der Waals surface area contributed by atoms with Gasteiger partial charge >= 0.3 is 0 Å². The van der Waals surface area contributed by atoms with E-state index >= 15 is 0 Å². The molecule has 2 atom stereocenters. The monoisotopic (exact) mass is 510 g/mol. The Morgan fingerprint density at radius 3 is 2.51 bits per heavy atom. The van der Waals surface area contributed by atoms with Crippen LogP contribution in [-0.2, 0) is 16.0 Å². The number of anilines is 1. The first-order valence-corrected chi connectivity index (χ1v) is 13.5. The zero-order valence-corrected chi connectivity index (χ0v) is 22.1. The molecule has 37 heavy (non-hydrogen) atoms. The van der Waals surface area contributed by atoms with Crippen LogP contribution in [0.25, 0.3) is 0 Å². The molecule has 5 rings (SSSR count). The molecule has 3 aromatic carbocycles. The number of hydrazone groups is 1. The highest BCUT2D eigenvalue weighted by Crippen LogP contribution is 2.38. The zero-order valence-electron chi connectivity index (χ0n) is 21.3. The molecule has 0 aromatic heterocycles. The molecule has 0 saturated heterocycles. The fourth-order valence-corrected chi connectivity index (χ4v) is 5.72. The number of benzene rings is 3. The van der Waals surface area contributed by atoms with Crippen LogP contribution in [0.2, 0.25) is 0 Å². The molecule has 0 aliphatic carbocycles. The van der Waals surface area contributed by atoms with E-state index in [2.05, 4.69) is 53.6 Å². The third-order valence-corrected chi connectivity index (χ3v) is 7.88. The van der Waals surface area contributed by atoms with Gasteiger partial charge in [-0.25, -0.2) is 5.01 Å². The van der Waals surface area contributed by atoms with E-state index in [1.54, 1.807) is 0 Å². The lowest BCUT2D eigenvalue weighted by molar-refractivity contribution is -0.121. The quantitative estimate of drug-likeness (QED) is 0.439. The highest BCUT2D eigenvalue weighted by Gasteiger charge is 2.39. The van der Waals surface area contributed by atoms with Gasteiger partial charge in [-0.3, -0.25) is 9.59 Å². The number of amidine groups is 1. The van der Waals surface area contributed by atoms with Gasteiger partial charge in [0, 0.05) is 18.5 Å². The standard InChI is InChI=1S/C30H30N4O2S/c1-4-21-11-13-23(14-12-21)26-17-25(22-8-6-5-7-9-22)33-34(26)30-32-29(36)27(37-30)18-28(35)31-24-15-10-19(2)16-20(24)3/h5-16,26-27H,4,17-18H2,1-3H3,(H,31,35)/t26-,27-/m1/s1. The molecule has 3 aromatic rings. The van der Waals surface area contributed by atoms with E-state index in [4.69, 9.17) is 5.10 Å². The minimum atomic E-state index is -0.570. The van der Waals surface area contributed by atoms with Crippen LogP contribution in [0.5, 0.6) is 0 Å². The minimum Gasteiger partial charge on any atom is -0.326 e. The number of nitrogens with zero attached hydrogens (tertiary/aromatic N) is 3. The van der Waals surface area contributed by atoms with Crippen molar-refractivity contribution in [3.63, 3.8) is 0 Å². The maximum Gasteiger partial charge on any atom is 0.262 e. The highest BCUT2D eigenvalue weighted by atomic mass is 32.2. The van der Waals surface area contributed by atoms with E-state index < -0.39 is 5.25 Å². The average molecular weight is 511 g/mol. The Morgan fingerprint density at radius 1 is 1.05 bits per heavy atom. The Hall–Kier alpha value is -3.71. The zero-order chi connectivity index (χ0) is 25.9. The number of carbonyl (C=O) groups is 2. The molecular weight excluding hydrogens is 480 g/mol. The van der Waals surface area contributed by atoms with Crippen LogP contribution in [0.3, 0.4) is 0 Å². The van der Waals surface area contributed by atoms with Gasteiger partial charge in [0.1, 0.15) is 5.25 Å². The summed E-state index contributed by atoms with van der Waals surface area (Å²) in [6.07, 6.45) is 1.74. The van der Waals surface area contributed by atoms with Crippen LogP contribution in [0.15, 0.2) is 82.9 Å². The Morgan fingerprint density at radius 2 is 1.81 bits per heavy atom. The fraction of sp³-hybridized carbons (Fsp3) is 0.267. The predicted octanol–water partition coefficient (Wildman–Crippen LogP) is 6.04. The second-order valence-electron chi connectivity index (χ2n) is 9.48. The second kappa shape index (κ2) is 10.7. The van der Waals surface area contributed by atoms with Gasteiger partial charge in [0.25, 0.3) is 5.91 Å². The summed E-state index contributed by atoms with van der Waals surface area (Å²) in [4.78, 5) is 30.0. The maximum absolute atomic E-state index is 12.9. The molecule has 1 N–H and O–H groups in total. The number of aliphatic imine (C=N–C) groups is 1. The Labute approximate surface area is 221 Å². The lowest BCUT2D eigenvalue weighted by Crippen LogP contribution is -2.25. The number of thioether (sulfide) groups is 1. The van der Waals surface area contributed by atoms with Crippen LogP contribution in [-0.4, -0.2) is 33.0 Å². The van der Waals surface area contributed by atoms with E-state index in [0.717, 1.165) is 40.1 Å². The summed E-state index contributed by atoms with van der Waals surface area (Å²) in [7, 11) is 0. The molecule has 2 amide bonds. The van der Waals surface area contributed by atoms with Crippen LogP contribution in [0.4, 0.5) is 5.69 Å². The molecule has 0 fully saturated rings. The van der Waals surface area contributed by atoms with Crippen molar-refractivity contribution >= 4 is 40.1 Å². The fourth-order valence-electron chi connectivity index (χ4n) is 4.65. The number of rotatable bonds is 6. The van der Waals surface area contributed by atoms with Crippen molar-refractivity contribution in [3.05, 3.63) is 101 Å². The summed E-state index contributed by atoms with van der Waals surface area (Å²) >= 11 is 1.32. The van der Waals surface area contributed by atoms with Gasteiger partial charge in [0.05, 0.1) is 11.8 Å². The minimum absolute atomic E-state index is 0.0583. The molecule has 7 heteroatoms. The highest BCUT2D eigenvalue weighted by molar-refractivity contribution is 8.15. The average Bonchev–Trinajstić information content (AvgIpc) is 3.50. The summed E-state index contributed by atoms with van der Waals surface area (Å²) in [6.45, 7) is 6.11. The van der Waals surface area contributed by atoms with Crippen molar-refractivity contribution in [1.82, 2.24) is 5.01 Å². The van der Waals surface area contributed by atoms with E-state index in [9.17, 15) is 9.59 Å². The summed E-state index contributed by atoms with van der Waals surface area (Å²) in [5.41, 5.74) is 7.30. The van der Waals surface area contributed by atoms with E-state index in [1.165, 1.54) is 17.3 Å². The predicted molar refractivity (Wildman–Crippen MR) is 151 cm³/mol. The number of amides is 2. The normalized spacial score (nSPS) is 19.1. The van der Waals surface area contributed by atoms with Gasteiger partial charge in [-0.2, -0.15) is 10.1 Å². The lowest BCUT2D eigenvalue weighted by Gasteiger charge is -2.23. The van der Waals surface area contributed by atoms with Crippen molar-refractivity contribution in [1.29, 1.82) is 0 Å². The largest absolute Gasteiger partial charge is 0.326 e. The van der Waals surface area contributed by atoms with Crippen molar-refractivity contribution in [2.75, 3.05) is 5.32 Å². The van der Waals surface area contributed by atoms with Crippen LogP contribution >= 0.6 is 11.8 Å². The number of hydrogen-bond acceptors (Lipinski definition) is 5. The first kappa shape index (κ1) is 25.0. The molecule has 6 nitrogen and oxygen atoms in total. The van der Waals surface area contributed by atoms with Crippen molar-refractivity contribution in [2.45, 2.75) is 51.3 Å². The Bertz CT molecular complexity index is 1380. The van der Waals surface area contributed by atoms with Crippen LogP contribution < -0.4 is 5.32 Å². The van der Waals surface area contributed by atoms with Gasteiger partial charge in [0.15, 0.2) is 5.17 Å². The van der Waals surface area contributed by atoms with Crippen LogP contribution in [0.1, 0.15) is 53.6 Å². The molecular formula is C30H30N4O2S. The smallest absolute Gasteiger partial charge is 0.262 e. The summed E-state index contributed by atoms with van der Waals surface area (Å²) in [6, 6.07) is 24.5. The lowest BCUT2D eigenvalue weighted by atomic mass is 9.97. The Kier molecular flexibility index (Phi) is 7.24. The molecule has 0 unspecified atom stereocenters. The summed E-state index contributed by atoms with van der Waals surface area (Å²) in [5.74, 6) is -0.491. The summed E-state index contributed by atoms with van der Waals surface area (Å²) < 4.78 is 0. The molecule has 188 valence electrons. The summed E-state index contributed by atoms with van der Waals surface area (Å²) in [5, 5.41) is 9.71. The molecule has 0 saturated carbocycles. The van der Waals surface area contributed by atoms with E-state index in [0.29, 0.717) is 11.6 Å². The van der Waals surface area contributed by atoms with Gasteiger partial charge in [-0.05, 0) is 48.6 Å². The van der Waals surface area contributed by atoms with E-state index in [-0.39, 0.29) is 24.3 Å². The molecule has 2 aliphatic rings. The molecule has 0 spiro atoms. The SMILES string of the molecule is CCc1ccc([C@H]2CC(c3ccccc3)=NN2C2=NC(=O)[C@@H](CC(=O)Nc3ccc(C)cc3C)S2)cc1. The molecule has 2 heterocycles. The number of carbonyl (C=O) groups excluding carboxylic acids is 2. The van der Waals surface area contributed by atoms with Gasteiger partial charge in [-0.15, -0.1) is 0 Å². The number of aryl methyl sites for hydroxylation is 3. The third-order valence-electron chi connectivity index (χ3n) is 6.74. The van der Waals surface area contributed by atoms with E-state index in [1.807, 2.05) is 55.3 Å². The first-order chi connectivity index (χ1) is 17.9. The topological polar surface area (TPSA) is 74.1 Å². The van der Waals surface area contributed by atoms with Gasteiger partial charge < -0.3 is 5.32 Å². The van der Waals surface area contributed by atoms with Crippen molar-refractivity contribution in [3.8, 4) is 0 Å². The van der Waals surface area contributed by atoms with Crippen molar-refractivity contribution < 1.29 is 9.59 Å². The first-order valence-electron chi connectivity index (χ1n) is 12.6.